The van der Waals surface area contributed by atoms with Gasteiger partial charge in [-0.1, -0.05) is 23.2 Å². The largest absolute Gasteiger partial charge is 0.248 e. The van der Waals surface area contributed by atoms with Gasteiger partial charge in [0.15, 0.2) is 5.82 Å². The Morgan fingerprint density at radius 2 is 1.50 bits per heavy atom. The zero-order valence-corrected chi connectivity index (χ0v) is 9.36. The first-order chi connectivity index (χ1) is 7.56. The van der Waals surface area contributed by atoms with Crippen LogP contribution in [0.15, 0.2) is 30.5 Å². The number of hydrogen-bond donors (Lipinski definition) is 0. The second-order valence-corrected chi connectivity index (χ2v) is 4.03. The van der Waals surface area contributed by atoms with Gasteiger partial charge in [0, 0.05) is 21.8 Å². The SMILES string of the molecule is Fc1cc(-c2cc(Cl)cc(Cl)c2)cnc1F. The number of rotatable bonds is 1. The van der Waals surface area contributed by atoms with Gasteiger partial charge in [-0.3, -0.25) is 0 Å². The van der Waals surface area contributed by atoms with Crippen LogP contribution in [0.25, 0.3) is 11.1 Å². The number of halogens is 4. The minimum absolute atomic E-state index is 0.420. The summed E-state index contributed by atoms with van der Waals surface area (Å²) in [5.74, 6) is -2.13. The molecule has 0 aliphatic heterocycles. The number of benzene rings is 1. The third-order valence-electron chi connectivity index (χ3n) is 1.99. The summed E-state index contributed by atoms with van der Waals surface area (Å²) < 4.78 is 25.6. The van der Waals surface area contributed by atoms with E-state index in [4.69, 9.17) is 23.2 Å². The van der Waals surface area contributed by atoms with Crippen molar-refractivity contribution >= 4 is 23.2 Å². The molecular weight excluding hydrogens is 255 g/mol. The van der Waals surface area contributed by atoms with E-state index in [2.05, 4.69) is 4.98 Å². The molecule has 0 bridgehead atoms. The van der Waals surface area contributed by atoms with Crippen molar-refractivity contribution in [3.05, 3.63) is 52.3 Å². The van der Waals surface area contributed by atoms with E-state index in [1.807, 2.05) is 0 Å². The molecule has 0 aliphatic carbocycles. The molecular formula is C11H5Cl2F2N. The molecule has 1 nitrogen and oxygen atoms in total. The van der Waals surface area contributed by atoms with E-state index in [1.54, 1.807) is 18.2 Å². The highest BCUT2D eigenvalue weighted by Gasteiger charge is 2.07. The molecule has 0 atom stereocenters. The fourth-order valence-corrected chi connectivity index (χ4v) is 1.83. The van der Waals surface area contributed by atoms with Crippen molar-refractivity contribution in [3.8, 4) is 11.1 Å². The van der Waals surface area contributed by atoms with E-state index in [1.165, 1.54) is 6.20 Å². The number of aromatic nitrogens is 1. The average Bonchev–Trinajstić information content (AvgIpc) is 2.20. The van der Waals surface area contributed by atoms with E-state index >= 15 is 0 Å². The lowest BCUT2D eigenvalue weighted by atomic mass is 10.1. The third kappa shape index (κ3) is 2.31. The van der Waals surface area contributed by atoms with Gasteiger partial charge in [-0.05, 0) is 29.8 Å². The molecule has 5 heteroatoms. The highest BCUT2D eigenvalue weighted by Crippen LogP contribution is 2.27. The highest BCUT2D eigenvalue weighted by molar-refractivity contribution is 6.35. The Hall–Kier alpha value is -1.19. The maximum atomic E-state index is 13.0. The predicted molar refractivity (Wildman–Crippen MR) is 59.6 cm³/mol. The van der Waals surface area contributed by atoms with Crippen LogP contribution in [0.1, 0.15) is 0 Å². The number of pyridine rings is 1. The van der Waals surface area contributed by atoms with Crippen LogP contribution in [-0.2, 0) is 0 Å². The summed E-state index contributed by atoms with van der Waals surface area (Å²) in [6, 6.07) is 5.80. The average molecular weight is 260 g/mol. The molecule has 0 saturated heterocycles. The van der Waals surface area contributed by atoms with Crippen molar-refractivity contribution in [2.75, 3.05) is 0 Å². The van der Waals surface area contributed by atoms with Crippen LogP contribution in [0.3, 0.4) is 0 Å². The molecule has 1 heterocycles. The Kier molecular flexibility index (Phi) is 3.08. The summed E-state index contributed by atoms with van der Waals surface area (Å²) in [5, 5.41) is 0.847. The zero-order valence-electron chi connectivity index (χ0n) is 7.85. The monoisotopic (exact) mass is 259 g/mol. The molecule has 0 N–H and O–H groups in total. The van der Waals surface area contributed by atoms with E-state index < -0.39 is 11.8 Å². The zero-order chi connectivity index (χ0) is 11.7. The summed E-state index contributed by atoms with van der Waals surface area (Å²) in [6.45, 7) is 0. The summed E-state index contributed by atoms with van der Waals surface area (Å²) in [4.78, 5) is 3.29. The van der Waals surface area contributed by atoms with Crippen LogP contribution in [0.5, 0.6) is 0 Å². The molecule has 1 aromatic carbocycles. The van der Waals surface area contributed by atoms with Gasteiger partial charge in [0.05, 0.1) is 0 Å². The molecule has 0 amide bonds. The summed E-state index contributed by atoms with van der Waals surface area (Å²) in [5.41, 5.74) is 1.01. The smallest absolute Gasteiger partial charge is 0.225 e. The second kappa shape index (κ2) is 4.36. The summed E-state index contributed by atoms with van der Waals surface area (Å²) in [7, 11) is 0. The van der Waals surface area contributed by atoms with Crippen LogP contribution in [0.4, 0.5) is 8.78 Å². The Bertz CT molecular complexity index is 523. The summed E-state index contributed by atoms with van der Waals surface area (Å²) in [6.07, 6.45) is 1.22. The molecule has 82 valence electrons. The molecule has 0 saturated carbocycles. The standard InChI is InChI=1S/C11H5Cl2F2N/c12-8-1-6(2-9(13)4-8)7-3-10(14)11(15)16-5-7/h1-5H. The summed E-state index contributed by atoms with van der Waals surface area (Å²) >= 11 is 11.6. The van der Waals surface area contributed by atoms with E-state index in [-0.39, 0.29) is 0 Å². The molecule has 2 rings (SSSR count). The minimum Gasteiger partial charge on any atom is -0.225 e. The Morgan fingerprint density at radius 1 is 0.875 bits per heavy atom. The topological polar surface area (TPSA) is 12.9 Å². The van der Waals surface area contributed by atoms with Gasteiger partial charge < -0.3 is 0 Å². The number of hydrogen-bond acceptors (Lipinski definition) is 1. The maximum absolute atomic E-state index is 13.0. The number of nitrogens with zero attached hydrogens (tertiary/aromatic N) is 1. The normalized spacial score (nSPS) is 10.5. The second-order valence-electron chi connectivity index (χ2n) is 3.15. The predicted octanol–water partition coefficient (Wildman–Crippen LogP) is 4.33. The lowest BCUT2D eigenvalue weighted by Gasteiger charge is -2.03. The van der Waals surface area contributed by atoms with Crippen molar-refractivity contribution in [2.45, 2.75) is 0 Å². The van der Waals surface area contributed by atoms with Gasteiger partial charge in [-0.15, -0.1) is 0 Å². The minimum atomic E-state index is -1.13. The van der Waals surface area contributed by atoms with Gasteiger partial charge in [0.1, 0.15) is 0 Å². The fraction of sp³-hybridized carbons (Fsp3) is 0. The van der Waals surface area contributed by atoms with Crippen LogP contribution in [0.2, 0.25) is 10.0 Å². The molecule has 2 aromatic rings. The molecule has 0 fully saturated rings. The van der Waals surface area contributed by atoms with Crippen molar-refractivity contribution in [2.24, 2.45) is 0 Å². The lowest BCUT2D eigenvalue weighted by molar-refractivity contribution is 0.480. The van der Waals surface area contributed by atoms with Gasteiger partial charge in [0.25, 0.3) is 0 Å². The Labute approximate surface area is 101 Å². The molecule has 1 aromatic heterocycles. The molecule has 16 heavy (non-hydrogen) atoms. The van der Waals surface area contributed by atoms with Gasteiger partial charge in [-0.2, -0.15) is 4.39 Å². The van der Waals surface area contributed by atoms with Gasteiger partial charge >= 0.3 is 0 Å². The molecule has 0 unspecified atom stereocenters. The van der Waals surface area contributed by atoms with Crippen LogP contribution < -0.4 is 0 Å². The Balaban J connectivity index is 2.54. The van der Waals surface area contributed by atoms with E-state index in [0.717, 1.165) is 6.07 Å². The van der Waals surface area contributed by atoms with Crippen LogP contribution in [0, 0.1) is 11.8 Å². The van der Waals surface area contributed by atoms with Crippen LogP contribution in [-0.4, -0.2) is 4.98 Å². The van der Waals surface area contributed by atoms with Crippen LogP contribution >= 0.6 is 23.2 Å². The van der Waals surface area contributed by atoms with Crippen molar-refractivity contribution in [3.63, 3.8) is 0 Å². The third-order valence-corrected chi connectivity index (χ3v) is 2.43. The lowest BCUT2D eigenvalue weighted by Crippen LogP contribution is -1.90. The van der Waals surface area contributed by atoms with Gasteiger partial charge in [0.2, 0.25) is 5.95 Å². The maximum Gasteiger partial charge on any atom is 0.248 e. The molecule has 0 spiro atoms. The first-order valence-corrected chi connectivity index (χ1v) is 5.09. The van der Waals surface area contributed by atoms with Crippen molar-refractivity contribution in [1.29, 1.82) is 0 Å². The van der Waals surface area contributed by atoms with Gasteiger partial charge in [-0.25, -0.2) is 9.37 Å². The molecule has 0 aliphatic rings. The van der Waals surface area contributed by atoms with E-state index in [9.17, 15) is 8.78 Å². The first-order valence-electron chi connectivity index (χ1n) is 4.34. The molecule has 0 radical (unpaired) electrons. The highest BCUT2D eigenvalue weighted by atomic mass is 35.5. The first kappa shape index (κ1) is 11.3. The quantitative estimate of drug-likeness (QED) is 0.695. The van der Waals surface area contributed by atoms with Crippen molar-refractivity contribution < 1.29 is 8.78 Å². The van der Waals surface area contributed by atoms with Crippen molar-refractivity contribution in [1.82, 2.24) is 4.98 Å². The Morgan fingerprint density at radius 3 is 2.06 bits per heavy atom. The fourth-order valence-electron chi connectivity index (χ4n) is 1.30. The van der Waals surface area contributed by atoms with E-state index in [0.29, 0.717) is 21.2 Å².